The number of aromatic hydroxyl groups is 1. The first-order valence-electron chi connectivity index (χ1n) is 5.63. The third-order valence-electron chi connectivity index (χ3n) is 2.68. The fourth-order valence-corrected chi connectivity index (χ4v) is 3.07. The fraction of sp³-hybridized carbons (Fsp3) is 0.385. The van der Waals surface area contributed by atoms with Gasteiger partial charge in [0.05, 0.1) is 19.5 Å². The summed E-state index contributed by atoms with van der Waals surface area (Å²) in [5.74, 6) is 0.467. The van der Waals surface area contributed by atoms with Crippen LogP contribution in [0.5, 0.6) is 17.2 Å². The number of nitriles is 2. The molecule has 1 N–H and O–H groups in total. The number of thioether (sulfide) groups is 2. The summed E-state index contributed by atoms with van der Waals surface area (Å²) in [7, 11) is 2.89. The number of ether oxygens (including phenoxy) is 2. The molecule has 0 radical (unpaired) electrons. The summed E-state index contributed by atoms with van der Waals surface area (Å²) in [4.78, 5) is 0. The normalized spacial score (nSPS) is 12.8. The van der Waals surface area contributed by atoms with Crippen LogP contribution in [0, 0.1) is 21.3 Å². The van der Waals surface area contributed by atoms with Gasteiger partial charge in [-0.2, -0.15) is 10.5 Å². The molecule has 7 heteroatoms. The van der Waals surface area contributed by atoms with E-state index in [0.717, 1.165) is 29.1 Å². The molecule has 0 unspecified atom stereocenters. The topological polar surface area (TPSA) is 86.3 Å². The number of methoxy groups -OCH3 is 2. The predicted octanol–water partition coefficient (Wildman–Crippen LogP) is 3.27. The second kappa shape index (κ2) is 7.78. The molecule has 1 aromatic rings. The second-order valence-corrected chi connectivity index (χ2v) is 5.91. The summed E-state index contributed by atoms with van der Waals surface area (Å²) in [6.07, 6.45) is 0. The lowest BCUT2D eigenvalue weighted by molar-refractivity contribution is 0.339. The van der Waals surface area contributed by atoms with E-state index in [0.29, 0.717) is 0 Å². The van der Waals surface area contributed by atoms with Crippen molar-refractivity contribution in [2.24, 2.45) is 0 Å². The highest BCUT2D eigenvalue weighted by Crippen LogP contribution is 2.44. The van der Waals surface area contributed by atoms with Gasteiger partial charge in [0.2, 0.25) is 5.75 Å². The highest BCUT2D eigenvalue weighted by atomic mass is 32.2. The van der Waals surface area contributed by atoms with Crippen LogP contribution in [-0.4, -0.2) is 24.6 Å². The van der Waals surface area contributed by atoms with E-state index in [4.69, 9.17) is 20.0 Å². The van der Waals surface area contributed by atoms with Gasteiger partial charge in [-0.05, 0) is 41.2 Å². The Morgan fingerprint density at radius 3 is 2.00 bits per heavy atom. The molecular formula is C13H14N2O3S2. The largest absolute Gasteiger partial charge is 0.502 e. The van der Waals surface area contributed by atoms with Crippen molar-refractivity contribution in [1.29, 1.82) is 10.5 Å². The van der Waals surface area contributed by atoms with Crippen molar-refractivity contribution < 1.29 is 14.6 Å². The van der Waals surface area contributed by atoms with Crippen molar-refractivity contribution in [3.8, 4) is 28.1 Å². The van der Waals surface area contributed by atoms with Crippen LogP contribution in [0.3, 0.4) is 0 Å². The third kappa shape index (κ3) is 3.66. The Morgan fingerprint density at radius 1 is 1.10 bits per heavy atom. The average Bonchev–Trinajstić information content (AvgIpc) is 2.45. The highest BCUT2D eigenvalue weighted by molar-refractivity contribution is 8.07. The van der Waals surface area contributed by atoms with Gasteiger partial charge in [0.15, 0.2) is 11.5 Å². The number of hydrogen-bond acceptors (Lipinski definition) is 7. The van der Waals surface area contributed by atoms with Crippen molar-refractivity contribution in [2.75, 3.05) is 14.2 Å². The fourth-order valence-electron chi connectivity index (χ4n) is 1.71. The predicted molar refractivity (Wildman–Crippen MR) is 79.8 cm³/mol. The summed E-state index contributed by atoms with van der Waals surface area (Å²) < 4.78 is 10.2. The molecule has 106 valence electrons. The Kier molecular flexibility index (Phi) is 6.37. The molecule has 2 atom stereocenters. The number of nitrogens with zero attached hydrogens (tertiary/aromatic N) is 2. The number of phenols is 1. The zero-order valence-electron chi connectivity index (χ0n) is 11.3. The van der Waals surface area contributed by atoms with E-state index < -0.39 is 0 Å². The number of hydrogen-bond donors (Lipinski definition) is 1. The zero-order valence-corrected chi connectivity index (χ0v) is 12.9. The van der Waals surface area contributed by atoms with Gasteiger partial charge < -0.3 is 14.6 Å². The lowest BCUT2D eigenvalue weighted by Crippen LogP contribution is -2.08. The summed E-state index contributed by atoms with van der Waals surface area (Å²) in [5, 5.41) is 31.3. The van der Waals surface area contributed by atoms with E-state index in [-0.39, 0.29) is 27.7 Å². The first kappa shape index (κ1) is 16.4. The van der Waals surface area contributed by atoms with Crippen molar-refractivity contribution in [2.45, 2.75) is 17.4 Å². The van der Waals surface area contributed by atoms with Gasteiger partial charge in [-0.15, -0.1) is 0 Å². The number of phenolic OH excluding ortho intramolecular Hbond substituents is 1. The summed E-state index contributed by atoms with van der Waals surface area (Å²) in [6, 6.07) is 3.31. The maximum Gasteiger partial charge on any atom is 0.200 e. The molecule has 0 aliphatic carbocycles. The van der Waals surface area contributed by atoms with Gasteiger partial charge >= 0.3 is 0 Å². The third-order valence-corrected chi connectivity index (χ3v) is 4.64. The SMILES string of the molecule is COc1cc([C@H](SC#N)[C@@H](C)SC#N)cc(OC)c1O. The van der Waals surface area contributed by atoms with Gasteiger partial charge in [0.1, 0.15) is 10.8 Å². The molecule has 0 fully saturated rings. The molecule has 0 spiro atoms. The number of rotatable bonds is 6. The molecule has 0 heterocycles. The first-order valence-corrected chi connectivity index (χ1v) is 7.39. The Labute approximate surface area is 126 Å². The van der Waals surface area contributed by atoms with Gasteiger partial charge in [-0.25, -0.2) is 0 Å². The van der Waals surface area contributed by atoms with E-state index in [2.05, 4.69) is 0 Å². The van der Waals surface area contributed by atoms with Crippen molar-refractivity contribution in [3.05, 3.63) is 17.7 Å². The lowest BCUT2D eigenvalue weighted by Gasteiger charge is -2.20. The van der Waals surface area contributed by atoms with Crippen LogP contribution in [-0.2, 0) is 0 Å². The molecule has 20 heavy (non-hydrogen) atoms. The van der Waals surface area contributed by atoms with Crippen molar-refractivity contribution in [1.82, 2.24) is 0 Å². The number of thiocyanates is 2. The van der Waals surface area contributed by atoms with E-state index in [9.17, 15) is 5.11 Å². The quantitative estimate of drug-likeness (QED) is 0.807. The lowest BCUT2D eigenvalue weighted by atomic mass is 10.1. The molecule has 0 aliphatic rings. The Balaban J connectivity index is 3.27. The minimum absolute atomic E-state index is 0.0833. The molecular weight excluding hydrogens is 296 g/mol. The minimum Gasteiger partial charge on any atom is -0.502 e. The molecule has 0 aromatic heterocycles. The van der Waals surface area contributed by atoms with Gasteiger partial charge in [0.25, 0.3) is 0 Å². The van der Waals surface area contributed by atoms with Crippen LogP contribution in [0.15, 0.2) is 12.1 Å². The van der Waals surface area contributed by atoms with Crippen molar-refractivity contribution in [3.63, 3.8) is 0 Å². The van der Waals surface area contributed by atoms with Crippen LogP contribution in [0.4, 0.5) is 0 Å². The maximum atomic E-state index is 9.89. The van der Waals surface area contributed by atoms with Crippen LogP contribution in [0.1, 0.15) is 17.7 Å². The zero-order chi connectivity index (χ0) is 15.1. The summed E-state index contributed by atoms with van der Waals surface area (Å²) in [6.45, 7) is 1.87. The molecule has 0 amide bonds. The van der Waals surface area contributed by atoms with Crippen LogP contribution >= 0.6 is 23.5 Å². The molecule has 5 nitrogen and oxygen atoms in total. The Hall–Kier alpha value is -1.70. The van der Waals surface area contributed by atoms with Gasteiger partial charge in [0, 0.05) is 5.25 Å². The monoisotopic (exact) mass is 310 g/mol. The molecule has 0 saturated carbocycles. The van der Waals surface area contributed by atoms with E-state index in [1.807, 2.05) is 17.7 Å². The van der Waals surface area contributed by atoms with Crippen molar-refractivity contribution >= 4 is 23.5 Å². The Bertz CT molecular complexity index is 527. The summed E-state index contributed by atoms with van der Waals surface area (Å²) >= 11 is 2.16. The molecule has 1 rings (SSSR count). The minimum atomic E-state index is -0.229. The van der Waals surface area contributed by atoms with Crippen LogP contribution in [0.25, 0.3) is 0 Å². The standard InChI is InChI=1S/C13H14N2O3S2/c1-8(19-6-14)13(20-7-15)9-4-10(17-2)12(16)11(5-9)18-3/h4-5,8,13,16H,1-3H3/t8-,13-/m1/s1. The molecule has 0 saturated heterocycles. The van der Waals surface area contributed by atoms with Crippen LogP contribution in [0.2, 0.25) is 0 Å². The smallest absolute Gasteiger partial charge is 0.200 e. The molecule has 0 aliphatic heterocycles. The number of benzene rings is 1. The Morgan fingerprint density at radius 2 is 1.60 bits per heavy atom. The molecule has 1 aromatic carbocycles. The van der Waals surface area contributed by atoms with E-state index in [1.54, 1.807) is 12.1 Å². The first-order chi connectivity index (χ1) is 9.58. The van der Waals surface area contributed by atoms with E-state index >= 15 is 0 Å². The second-order valence-electron chi connectivity index (χ2n) is 3.82. The maximum absolute atomic E-state index is 9.89. The molecule has 0 bridgehead atoms. The van der Waals surface area contributed by atoms with E-state index in [1.165, 1.54) is 14.2 Å². The van der Waals surface area contributed by atoms with Gasteiger partial charge in [-0.3, -0.25) is 0 Å². The van der Waals surface area contributed by atoms with Crippen LogP contribution < -0.4 is 9.47 Å². The average molecular weight is 310 g/mol. The highest BCUT2D eigenvalue weighted by Gasteiger charge is 2.24. The summed E-state index contributed by atoms with van der Waals surface area (Å²) in [5.41, 5.74) is 0.762. The van der Waals surface area contributed by atoms with Gasteiger partial charge in [-0.1, -0.05) is 6.92 Å².